The van der Waals surface area contributed by atoms with Crippen LogP contribution in [0.5, 0.6) is 0 Å². The normalized spacial score (nSPS) is 14.6. The van der Waals surface area contributed by atoms with Crippen molar-refractivity contribution in [3.8, 4) is 22.5 Å². The van der Waals surface area contributed by atoms with Crippen LogP contribution in [0, 0.1) is 6.92 Å². The van der Waals surface area contributed by atoms with Crippen LogP contribution in [0.1, 0.15) is 56.4 Å². The summed E-state index contributed by atoms with van der Waals surface area (Å²) in [6.07, 6.45) is 4.46. The van der Waals surface area contributed by atoms with E-state index in [1.807, 2.05) is 26.0 Å². The molecule has 3 aromatic carbocycles. The first-order valence-corrected chi connectivity index (χ1v) is 14.1. The van der Waals surface area contributed by atoms with Crippen molar-refractivity contribution in [2.24, 2.45) is 0 Å². The lowest BCUT2D eigenvalue weighted by Gasteiger charge is -2.16. The molecule has 1 heterocycles. The molecule has 0 aliphatic heterocycles. The van der Waals surface area contributed by atoms with Gasteiger partial charge in [0.2, 0.25) is 0 Å². The molecule has 1 fully saturated rings. The van der Waals surface area contributed by atoms with E-state index in [9.17, 15) is 4.79 Å². The van der Waals surface area contributed by atoms with E-state index in [4.69, 9.17) is 20.9 Å². The van der Waals surface area contributed by atoms with Crippen molar-refractivity contribution in [2.45, 2.75) is 64.3 Å². The summed E-state index contributed by atoms with van der Waals surface area (Å²) < 4.78 is 10.9. The molecule has 0 bridgehead atoms. The first-order chi connectivity index (χ1) is 18.9. The Kier molecular flexibility index (Phi) is 8.08. The van der Waals surface area contributed by atoms with Gasteiger partial charge in [0.1, 0.15) is 11.4 Å². The molecule has 39 heavy (non-hydrogen) atoms. The molecular weight excluding hydrogens is 508 g/mol. The van der Waals surface area contributed by atoms with Gasteiger partial charge in [0.05, 0.1) is 13.0 Å². The SMILES string of the molecule is CCOC(=O)CC1(c2ccc(-c3ccc(-c4onc(C)c4NC(C)CCc4ccc(Cl)cc4)cc3)cc2)CC1. The van der Waals surface area contributed by atoms with E-state index in [0.29, 0.717) is 13.0 Å². The number of aryl methyl sites for hydroxylation is 2. The molecule has 1 aromatic heterocycles. The third-order valence-electron chi connectivity index (χ3n) is 7.65. The van der Waals surface area contributed by atoms with E-state index >= 15 is 0 Å². The zero-order valence-electron chi connectivity index (χ0n) is 22.8. The van der Waals surface area contributed by atoms with Gasteiger partial charge in [0, 0.05) is 22.0 Å². The van der Waals surface area contributed by atoms with Gasteiger partial charge in [0.25, 0.3) is 0 Å². The predicted molar refractivity (Wildman–Crippen MR) is 157 cm³/mol. The Morgan fingerprint density at radius 3 is 2.23 bits per heavy atom. The molecule has 202 valence electrons. The summed E-state index contributed by atoms with van der Waals surface area (Å²) in [6.45, 7) is 6.42. The van der Waals surface area contributed by atoms with E-state index in [2.05, 4.69) is 78.1 Å². The number of anilines is 1. The molecule has 1 saturated carbocycles. The largest absolute Gasteiger partial charge is 0.466 e. The number of hydrogen-bond acceptors (Lipinski definition) is 5. The highest BCUT2D eigenvalue weighted by Gasteiger charge is 2.46. The number of nitrogens with one attached hydrogen (secondary N) is 1. The number of rotatable bonds is 11. The first kappa shape index (κ1) is 27.0. The van der Waals surface area contributed by atoms with Gasteiger partial charge in [0.15, 0.2) is 5.76 Å². The van der Waals surface area contributed by atoms with Gasteiger partial charge in [-0.1, -0.05) is 77.4 Å². The van der Waals surface area contributed by atoms with Crippen LogP contribution in [0.3, 0.4) is 0 Å². The number of hydrogen-bond donors (Lipinski definition) is 1. The summed E-state index contributed by atoms with van der Waals surface area (Å²) in [6, 6.07) is 25.2. The van der Waals surface area contributed by atoms with Crippen LogP contribution in [-0.4, -0.2) is 23.8 Å². The third kappa shape index (κ3) is 6.36. The minimum atomic E-state index is -0.109. The van der Waals surface area contributed by atoms with Gasteiger partial charge < -0.3 is 14.6 Å². The van der Waals surface area contributed by atoms with Crippen LogP contribution in [0.25, 0.3) is 22.5 Å². The van der Waals surface area contributed by atoms with Crippen LogP contribution >= 0.6 is 11.6 Å². The fourth-order valence-electron chi connectivity index (χ4n) is 5.13. The Labute approximate surface area is 235 Å². The monoisotopic (exact) mass is 542 g/mol. The molecule has 0 amide bonds. The minimum absolute atomic E-state index is 0.0475. The van der Waals surface area contributed by atoms with E-state index in [1.54, 1.807) is 0 Å². The molecule has 4 aromatic rings. The highest BCUT2D eigenvalue weighted by atomic mass is 35.5. The van der Waals surface area contributed by atoms with Crippen molar-refractivity contribution in [3.63, 3.8) is 0 Å². The van der Waals surface area contributed by atoms with Crippen molar-refractivity contribution < 1.29 is 14.1 Å². The Morgan fingerprint density at radius 2 is 1.62 bits per heavy atom. The van der Waals surface area contributed by atoms with Gasteiger partial charge in [-0.15, -0.1) is 0 Å². The molecule has 6 heteroatoms. The van der Waals surface area contributed by atoms with Crippen molar-refractivity contribution >= 4 is 23.3 Å². The molecule has 0 spiro atoms. The molecule has 1 N–H and O–H groups in total. The standard InChI is InChI=1S/C33H35ClN2O3/c1-4-38-30(37)21-33(19-20-33)28-15-13-26(14-16-28)25-9-11-27(12-10-25)32-31(23(3)36-39-32)35-22(2)5-6-24-7-17-29(34)18-8-24/h7-18,22,35H,4-6,19-21H2,1-3H3. The highest BCUT2D eigenvalue weighted by Crippen LogP contribution is 2.51. The van der Waals surface area contributed by atoms with Crippen LogP contribution in [-0.2, 0) is 21.4 Å². The summed E-state index contributed by atoms with van der Waals surface area (Å²) >= 11 is 6.01. The van der Waals surface area contributed by atoms with Crippen molar-refractivity contribution in [1.82, 2.24) is 5.16 Å². The average molecular weight is 543 g/mol. The zero-order valence-corrected chi connectivity index (χ0v) is 23.6. The fraction of sp³-hybridized carbons (Fsp3) is 0.333. The maximum Gasteiger partial charge on any atom is 0.306 e. The molecule has 1 unspecified atom stereocenters. The number of carbonyl (C=O) groups is 1. The molecule has 0 saturated heterocycles. The lowest BCUT2D eigenvalue weighted by atomic mass is 9.91. The second-order valence-corrected chi connectivity index (χ2v) is 11.0. The first-order valence-electron chi connectivity index (χ1n) is 13.7. The third-order valence-corrected chi connectivity index (χ3v) is 7.90. The number of nitrogens with zero attached hydrogens (tertiary/aromatic N) is 1. The topological polar surface area (TPSA) is 64.4 Å². The molecule has 5 nitrogen and oxygen atoms in total. The molecule has 1 atom stereocenters. The maximum absolute atomic E-state index is 12.1. The van der Waals surface area contributed by atoms with Crippen LogP contribution in [0.15, 0.2) is 77.3 Å². The van der Waals surface area contributed by atoms with Crippen molar-refractivity contribution in [3.05, 3.63) is 94.6 Å². The summed E-state index contributed by atoms with van der Waals surface area (Å²) in [5.41, 5.74) is 7.47. The summed E-state index contributed by atoms with van der Waals surface area (Å²) in [7, 11) is 0. The molecule has 1 aliphatic carbocycles. The smallest absolute Gasteiger partial charge is 0.306 e. The van der Waals surface area contributed by atoms with Gasteiger partial charge in [-0.2, -0.15) is 0 Å². The number of benzene rings is 3. The molecule has 0 radical (unpaired) electrons. The second kappa shape index (κ2) is 11.7. The summed E-state index contributed by atoms with van der Waals surface area (Å²) in [5.74, 6) is 0.643. The molecule has 1 aliphatic rings. The van der Waals surface area contributed by atoms with Gasteiger partial charge in [-0.25, -0.2) is 0 Å². The van der Waals surface area contributed by atoms with E-state index in [1.165, 1.54) is 11.1 Å². The number of carbonyl (C=O) groups excluding carboxylic acids is 1. The second-order valence-electron chi connectivity index (χ2n) is 10.6. The number of halogens is 1. The molecular formula is C33H35ClN2O3. The fourth-order valence-corrected chi connectivity index (χ4v) is 5.25. The van der Waals surface area contributed by atoms with Crippen LogP contribution < -0.4 is 5.32 Å². The number of aromatic nitrogens is 1. The Bertz CT molecular complexity index is 1410. The van der Waals surface area contributed by atoms with Gasteiger partial charge in [-0.05, 0) is 80.8 Å². The van der Waals surface area contributed by atoms with E-state index in [0.717, 1.165) is 64.5 Å². The average Bonchev–Trinajstić information content (AvgIpc) is 3.64. The van der Waals surface area contributed by atoms with Crippen molar-refractivity contribution in [1.29, 1.82) is 0 Å². The van der Waals surface area contributed by atoms with E-state index in [-0.39, 0.29) is 17.4 Å². The Morgan fingerprint density at radius 1 is 1.00 bits per heavy atom. The van der Waals surface area contributed by atoms with Crippen LogP contribution in [0.2, 0.25) is 5.02 Å². The number of ether oxygens (including phenoxy) is 1. The lowest BCUT2D eigenvalue weighted by Crippen LogP contribution is -2.16. The maximum atomic E-state index is 12.1. The predicted octanol–water partition coefficient (Wildman–Crippen LogP) is 8.39. The quantitative estimate of drug-likeness (QED) is 0.193. The molecule has 5 rings (SSSR count). The highest BCUT2D eigenvalue weighted by molar-refractivity contribution is 6.30. The van der Waals surface area contributed by atoms with E-state index < -0.39 is 0 Å². The Balaban J connectivity index is 1.24. The summed E-state index contributed by atoms with van der Waals surface area (Å²) in [4.78, 5) is 12.1. The van der Waals surface area contributed by atoms with Gasteiger partial charge in [-0.3, -0.25) is 4.79 Å². The Hall–Kier alpha value is -3.57. The summed E-state index contributed by atoms with van der Waals surface area (Å²) in [5, 5.41) is 8.62. The lowest BCUT2D eigenvalue weighted by molar-refractivity contribution is -0.143. The van der Waals surface area contributed by atoms with Gasteiger partial charge >= 0.3 is 5.97 Å². The van der Waals surface area contributed by atoms with Crippen molar-refractivity contribution in [2.75, 3.05) is 11.9 Å². The minimum Gasteiger partial charge on any atom is -0.466 e. The zero-order chi connectivity index (χ0) is 27.4. The number of esters is 1. The van der Waals surface area contributed by atoms with Crippen LogP contribution in [0.4, 0.5) is 5.69 Å².